The molecule has 1 saturated heterocycles. The summed E-state index contributed by atoms with van der Waals surface area (Å²) in [7, 11) is 2.96. The number of aliphatic hydroxyl groups excluding tert-OH is 1. The number of nitrogens with zero attached hydrogens (tertiary/aromatic N) is 1. The second-order valence-electron chi connectivity index (χ2n) is 8.16. The number of aliphatic hydroxyl groups is 1. The highest BCUT2D eigenvalue weighted by Crippen LogP contribution is 2.44. The monoisotopic (exact) mass is 503 g/mol. The Balaban J connectivity index is 1.91. The summed E-state index contributed by atoms with van der Waals surface area (Å²) in [4.78, 5) is 28.2. The molecule has 0 aliphatic carbocycles. The van der Waals surface area contributed by atoms with E-state index < -0.39 is 17.7 Å². The average molecular weight is 504 g/mol. The minimum absolute atomic E-state index is 0.0606. The van der Waals surface area contributed by atoms with Gasteiger partial charge < -0.3 is 24.1 Å². The largest absolute Gasteiger partial charge is 0.507 e. The smallest absolute Gasteiger partial charge is 0.300 e. The van der Waals surface area contributed by atoms with E-state index in [-0.39, 0.29) is 16.9 Å². The van der Waals surface area contributed by atoms with Gasteiger partial charge >= 0.3 is 0 Å². The summed E-state index contributed by atoms with van der Waals surface area (Å²) in [5.41, 5.74) is 1.29. The van der Waals surface area contributed by atoms with E-state index in [0.29, 0.717) is 47.5 Å². The van der Waals surface area contributed by atoms with Gasteiger partial charge in [0, 0.05) is 5.69 Å². The quantitative estimate of drug-likeness (QED) is 0.246. The number of hydrogen-bond donors (Lipinski definition) is 1. The lowest BCUT2D eigenvalue weighted by Gasteiger charge is -2.26. The molecule has 1 unspecified atom stereocenters. The Kier molecular flexibility index (Phi) is 7.67. The van der Waals surface area contributed by atoms with Crippen molar-refractivity contribution in [2.24, 2.45) is 0 Å². The van der Waals surface area contributed by atoms with Crippen LogP contribution in [0.5, 0.6) is 23.0 Å². The second kappa shape index (κ2) is 11.1. The van der Waals surface area contributed by atoms with Gasteiger partial charge in [0.25, 0.3) is 11.7 Å². The Bertz CT molecular complexity index is 1310. The summed E-state index contributed by atoms with van der Waals surface area (Å²) in [5.74, 6) is 0.153. The highest BCUT2D eigenvalue weighted by atomic mass is 16.5. The number of carbonyl (C=O) groups excluding carboxylic acids is 2. The van der Waals surface area contributed by atoms with Gasteiger partial charge in [-0.05, 0) is 74.0 Å². The zero-order valence-electron chi connectivity index (χ0n) is 21.2. The summed E-state index contributed by atoms with van der Waals surface area (Å²) < 4.78 is 21.8. The Morgan fingerprint density at radius 1 is 0.811 bits per heavy atom. The molecule has 1 heterocycles. The van der Waals surface area contributed by atoms with E-state index in [0.717, 1.165) is 0 Å². The molecule has 1 aliphatic heterocycles. The van der Waals surface area contributed by atoms with E-state index in [2.05, 4.69) is 0 Å². The highest BCUT2D eigenvalue weighted by molar-refractivity contribution is 6.51. The lowest BCUT2D eigenvalue weighted by molar-refractivity contribution is -0.132. The molecular formula is C29H29NO7. The highest BCUT2D eigenvalue weighted by Gasteiger charge is 2.47. The minimum Gasteiger partial charge on any atom is -0.507 e. The van der Waals surface area contributed by atoms with Gasteiger partial charge in [0.15, 0.2) is 0 Å². The number of Topliss-reactive ketones (excluding diaryl/α,β-unsaturated/α-hetero) is 1. The molecule has 8 heteroatoms. The molecule has 8 nitrogen and oxygen atoms in total. The van der Waals surface area contributed by atoms with E-state index in [4.69, 9.17) is 18.9 Å². The number of hydrogen-bond acceptors (Lipinski definition) is 7. The van der Waals surface area contributed by atoms with Crippen molar-refractivity contribution in [1.29, 1.82) is 0 Å². The van der Waals surface area contributed by atoms with E-state index in [1.165, 1.54) is 19.1 Å². The van der Waals surface area contributed by atoms with Gasteiger partial charge in [-0.2, -0.15) is 0 Å². The van der Waals surface area contributed by atoms with E-state index in [1.54, 1.807) is 66.7 Å². The molecule has 4 rings (SSSR count). The third-order valence-corrected chi connectivity index (χ3v) is 6.04. The number of benzene rings is 3. The maximum Gasteiger partial charge on any atom is 0.300 e. The third kappa shape index (κ3) is 4.95. The van der Waals surface area contributed by atoms with Gasteiger partial charge in [-0.15, -0.1) is 0 Å². The predicted octanol–water partition coefficient (Wildman–Crippen LogP) is 5.13. The van der Waals surface area contributed by atoms with Crippen LogP contribution in [-0.4, -0.2) is 44.2 Å². The van der Waals surface area contributed by atoms with Crippen molar-refractivity contribution in [3.63, 3.8) is 0 Å². The van der Waals surface area contributed by atoms with Gasteiger partial charge in [0.05, 0.1) is 44.6 Å². The number of anilines is 1. The van der Waals surface area contributed by atoms with Gasteiger partial charge in [-0.25, -0.2) is 0 Å². The molecule has 0 radical (unpaired) electrons. The van der Waals surface area contributed by atoms with Gasteiger partial charge in [0.1, 0.15) is 28.8 Å². The number of carbonyl (C=O) groups is 2. The molecule has 0 saturated carbocycles. The van der Waals surface area contributed by atoms with Crippen molar-refractivity contribution >= 4 is 23.1 Å². The molecule has 192 valence electrons. The first-order valence-electron chi connectivity index (χ1n) is 11.9. The standard InChI is InChI=1S/C29H29NO7/c1-5-36-20-11-7-18(8-12-20)26-25(27(31)23-17-22(34-3)15-16-24(23)35-4)28(32)29(33)30(26)19-9-13-21(14-10-19)37-6-2/h7-17,26,31H,5-6H2,1-4H3/b27-25+. The molecule has 3 aromatic carbocycles. The molecule has 1 amide bonds. The molecule has 0 bridgehead atoms. The van der Waals surface area contributed by atoms with Crippen LogP contribution in [0.1, 0.15) is 31.0 Å². The molecule has 0 aromatic heterocycles. The molecular weight excluding hydrogens is 474 g/mol. The average Bonchev–Trinajstić information content (AvgIpc) is 3.19. The lowest BCUT2D eigenvalue weighted by atomic mass is 9.94. The third-order valence-electron chi connectivity index (χ3n) is 6.04. The van der Waals surface area contributed by atoms with Crippen LogP contribution in [0.25, 0.3) is 5.76 Å². The fourth-order valence-corrected chi connectivity index (χ4v) is 4.34. The number of amides is 1. The summed E-state index contributed by atoms with van der Waals surface area (Å²) in [6.07, 6.45) is 0. The first-order valence-corrected chi connectivity index (χ1v) is 11.9. The van der Waals surface area contributed by atoms with Crippen LogP contribution >= 0.6 is 0 Å². The Morgan fingerprint density at radius 3 is 1.92 bits per heavy atom. The molecule has 3 aromatic rings. The maximum atomic E-state index is 13.4. The fourth-order valence-electron chi connectivity index (χ4n) is 4.34. The van der Waals surface area contributed by atoms with Crippen LogP contribution in [0.15, 0.2) is 72.3 Å². The van der Waals surface area contributed by atoms with Gasteiger partial charge in [-0.1, -0.05) is 12.1 Å². The van der Waals surface area contributed by atoms with Crippen molar-refractivity contribution in [2.45, 2.75) is 19.9 Å². The minimum atomic E-state index is -0.899. The summed E-state index contributed by atoms with van der Waals surface area (Å²) >= 11 is 0. The Labute approximate surface area is 215 Å². The molecule has 1 aliphatic rings. The van der Waals surface area contributed by atoms with Crippen molar-refractivity contribution < 1.29 is 33.6 Å². The van der Waals surface area contributed by atoms with E-state index in [9.17, 15) is 14.7 Å². The summed E-state index contributed by atoms with van der Waals surface area (Å²) in [5, 5.41) is 11.5. The Morgan fingerprint density at radius 2 is 1.38 bits per heavy atom. The van der Waals surface area contributed by atoms with Crippen molar-refractivity contribution in [2.75, 3.05) is 32.3 Å². The Hall–Kier alpha value is -4.46. The number of rotatable bonds is 9. The van der Waals surface area contributed by atoms with Crippen LogP contribution < -0.4 is 23.8 Å². The van der Waals surface area contributed by atoms with Crippen LogP contribution in [0.2, 0.25) is 0 Å². The van der Waals surface area contributed by atoms with Crippen molar-refractivity contribution in [1.82, 2.24) is 0 Å². The number of ether oxygens (including phenoxy) is 4. The fraction of sp³-hybridized carbons (Fsp3) is 0.241. The van der Waals surface area contributed by atoms with E-state index in [1.807, 2.05) is 13.8 Å². The summed E-state index contributed by atoms with van der Waals surface area (Å²) in [6, 6.07) is 18.0. The molecule has 1 N–H and O–H groups in total. The van der Waals surface area contributed by atoms with Crippen molar-refractivity contribution in [3.8, 4) is 23.0 Å². The topological polar surface area (TPSA) is 94.5 Å². The van der Waals surface area contributed by atoms with Crippen LogP contribution in [-0.2, 0) is 9.59 Å². The zero-order chi connectivity index (χ0) is 26.5. The normalized spacial score (nSPS) is 16.5. The molecule has 37 heavy (non-hydrogen) atoms. The van der Waals surface area contributed by atoms with E-state index >= 15 is 0 Å². The molecule has 1 atom stereocenters. The van der Waals surface area contributed by atoms with Gasteiger partial charge in [-0.3, -0.25) is 14.5 Å². The van der Waals surface area contributed by atoms with Crippen LogP contribution in [0, 0.1) is 0 Å². The number of methoxy groups -OCH3 is 2. The number of ketones is 1. The zero-order valence-corrected chi connectivity index (χ0v) is 21.2. The van der Waals surface area contributed by atoms with Gasteiger partial charge in [0.2, 0.25) is 0 Å². The SMILES string of the molecule is CCOc1ccc(C2/C(=C(\O)c3cc(OC)ccc3OC)C(=O)C(=O)N2c2ccc(OCC)cc2)cc1. The first kappa shape index (κ1) is 25.6. The lowest BCUT2D eigenvalue weighted by Crippen LogP contribution is -2.29. The molecule has 1 fully saturated rings. The maximum absolute atomic E-state index is 13.4. The van der Waals surface area contributed by atoms with Crippen LogP contribution in [0.4, 0.5) is 5.69 Å². The van der Waals surface area contributed by atoms with Crippen molar-refractivity contribution in [3.05, 3.63) is 83.4 Å². The second-order valence-corrected chi connectivity index (χ2v) is 8.16. The van der Waals surface area contributed by atoms with Crippen LogP contribution in [0.3, 0.4) is 0 Å². The molecule has 0 spiro atoms. The first-order chi connectivity index (χ1) is 17.9. The predicted molar refractivity (Wildman–Crippen MR) is 140 cm³/mol. The summed E-state index contributed by atoms with van der Waals surface area (Å²) in [6.45, 7) is 4.76.